The van der Waals surface area contributed by atoms with Gasteiger partial charge in [0.25, 0.3) is 0 Å². The van der Waals surface area contributed by atoms with Gasteiger partial charge in [0.2, 0.25) is 5.91 Å². The molecule has 2 rings (SSSR count). The van der Waals surface area contributed by atoms with Crippen molar-refractivity contribution in [1.29, 1.82) is 0 Å². The van der Waals surface area contributed by atoms with Crippen LogP contribution in [-0.4, -0.2) is 40.9 Å². The lowest BCUT2D eigenvalue weighted by atomic mass is 9.98. The summed E-state index contributed by atoms with van der Waals surface area (Å²) in [5.74, 6) is -0.511. The van der Waals surface area contributed by atoms with E-state index in [0.717, 1.165) is 27.8 Å². The molecule has 1 saturated heterocycles. The molecule has 6 heteroatoms. The van der Waals surface area contributed by atoms with Crippen LogP contribution in [0.3, 0.4) is 0 Å². The molecule has 5 nitrogen and oxygen atoms in total. The number of benzene rings is 1. The van der Waals surface area contributed by atoms with E-state index in [9.17, 15) is 14.4 Å². The van der Waals surface area contributed by atoms with Crippen molar-refractivity contribution in [2.75, 3.05) is 18.9 Å². The van der Waals surface area contributed by atoms with E-state index in [2.05, 4.69) is 0 Å². The minimum absolute atomic E-state index is 0.0514. The van der Waals surface area contributed by atoms with Gasteiger partial charge in [-0.3, -0.25) is 9.59 Å². The smallest absolute Gasteiger partial charge is 0.416 e. The number of thioether (sulfide) groups is 1. The second-order valence-electron chi connectivity index (χ2n) is 4.87. The second kappa shape index (κ2) is 6.76. The molecule has 0 radical (unpaired) electrons. The summed E-state index contributed by atoms with van der Waals surface area (Å²) in [7, 11) is 0. The molecule has 2 amide bonds. The van der Waals surface area contributed by atoms with Gasteiger partial charge in [-0.25, -0.2) is 9.69 Å². The third kappa shape index (κ3) is 3.85. The topological polar surface area (TPSA) is 63.7 Å². The van der Waals surface area contributed by atoms with Crippen LogP contribution in [-0.2, 0) is 14.3 Å². The van der Waals surface area contributed by atoms with Gasteiger partial charge >= 0.3 is 6.09 Å². The Morgan fingerprint density at radius 3 is 2.76 bits per heavy atom. The minimum atomic E-state index is -0.606. The number of ether oxygens (including phenoxy) is 1. The predicted octanol–water partition coefficient (Wildman–Crippen LogP) is 2.34. The molecule has 21 heavy (non-hydrogen) atoms. The first-order valence-corrected chi connectivity index (χ1v) is 7.65. The SMILES string of the molecule is CC(=O)SC[C@@H](C(=O)N1CCOC1=O)c1cccc(C)c1. The summed E-state index contributed by atoms with van der Waals surface area (Å²) >= 11 is 1.09. The Hall–Kier alpha value is -1.82. The molecular weight excluding hydrogens is 290 g/mol. The first-order chi connectivity index (χ1) is 9.99. The second-order valence-corrected chi connectivity index (χ2v) is 6.07. The molecule has 1 aromatic carbocycles. The van der Waals surface area contributed by atoms with Crippen molar-refractivity contribution in [1.82, 2.24) is 4.90 Å². The van der Waals surface area contributed by atoms with E-state index < -0.39 is 12.0 Å². The number of hydrogen-bond acceptors (Lipinski definition) is 5. The largest absolute Gasteiger partial charge is 0.447 e. The highest BCUT2D eigenvalue weighted by Gasteiger charge is 2.34. The Bertz CT molecular complexity index is 573. The highest BCUT2D eigenvalue weighted by Crippen LogP contribution is 2.25. The maximum Gasteiger partial charge on any atom is 0.416 e. The summed E-state index contributed by atoms with van der Waals surface area (Å²) < 4.78 is 4.81. The third-order valence-electron chi connectivity index (χ3n) is 3.22. The Kier molecular flexibility index (Phi) is 5.01. The van der Waals surface area contributed by atoms with Crippen LogP contribution in [0.4, 0.5) is 4.79 Å². The standard InChI is InChI=1S/C15H17NO4S/c1-10-4-3-5-12(8-10)13(9-21-11(2)17)14(18)16-6-7-20-15(16)19/h3-5,8,13H,6-7,9H2,1-2H3/t13-/m1/s1. The number of hydrogen-bond donors (Lipinski definition) is 0. The number of rotatable bonds is 4. The van der Waals surface area contributed by atoms with E-state index in [1.165, 1.54) is 6.92 Å². The zero-order valence-electron chi connectivity index (χ0n) is 12.0. The van der Waals surface area contributed by atoms with Gasteiger partial charge in [0, 0.05) is 12.7 Å². The Balaban J connectivity index is 2.24. The maximum absolute atomic E-state index is 12.6. The van der Waals surface area contributed by atoms with Crippen LogP contribution >= 0.6 is 11.8 Å². The lowest BCUT2D eigenvalue weighted by molar-refractivity contribution is -0.128. The number of nitrogens with zero attached hydrogens (tertiary/aromatic N) is 1. The fourth-order valence-corrected chi connectivity index (χ4v) is 2.92. The third-order valence-corrected chi connectivity index (χ3v) is 4.13. The van der Waals surface area contributed by atoms with E-state index >= 15 is 0 Å². The lowest BCUT2D eigenvalue weighted by Gasteiger charge is -2.20. The summed E-state index contributed by atoms with van der Waals surface area (Å²) in [5, 5.41) is -0.0514. The van der Waals surface area contributed by atoms with Crippen molar-refractivity contribution in [2.24, 2.45) is 0 Å². The molecule has 0 aromatic heterocycles. The lowest BCUT2D eigenvalue weighted by Crippen LogP contribution is -2.36. The molecule has 0 spiro atoms. The van der Waals surface area contributed by atoms with Crippen molar-refractivity contribution in [2.45, 2.75) is 19.8 Å². The van der Waals surface area contributed by atoms with Crippen LogP contribution < -0.4 is 0 Å². The van der Waals surface area contributed by atoms with Crippen LogP contribution in [0.15, 0.2) is 24.3 Å². The van der Waals surface area contributed by atoms with E-state index in [1.807, 2.05) is 31.2 Å². The predicted molar refractivity (Wildman–Crippen MR) is 80.1 cm³/mol. The number of carbonyl (C=O) groups is 3. The summed E-state index contributed by atoms with van der Waals surface area (Å²) in [4.78, 5) is 36.5. The molecule has 0 unspecified atom stereocenters. The van der Waals surface area contributed by atoms with Crippen molar-refractivity contribution >= 4 is 28.9 Å². The highest BCUT2D eigenvalue weighted by molar-refractivity contribution is 8.13. The molecule has 1 aliphatic heterocycles. The average Bonchev–Trinajstić information content (AvgIpc) is 2.84. The summed E-state index contributed by atoms with van der Waals surface area (Å²) in [5.41, 5.74) is 1.84. The first kappa shape index (κ1) is 15.6. The molecule has 1 heterocycles. The van der Waals surface area contributed by atoms with Gasteiger partial charge in [0.15, 0.2) is 5.12 Å². The van der Waals surface area contributed by atoms with Crippen LogP contribution in [0.1, 0.15) is 24.0 Å². The van der Waals surface area contributed by atoms with Crippen molar-refractivity contribution in [3.05, 3.63) is 35.4 Å². The van der Waals surface area contributed by atoms with Crippen molar-refractivity contribution in [3.8, 4) is 0 Å². The maximum atomic E-state index is 12.6. The Morgan fingerprint density at radius 2 is 2.19 bits per heavy atom. The highest BCUT2D eigenvalue weighted by atomic mass is 32.2. The zero-order chi connectivity index (χ0) is 15.4. The Labute approximate surface area is 127 Å². The molecule has 0 saturated carbocycles. The molecular formula is C15H17NO4S. The van der Waals surface area contributed by atoms with Gasteiger partial charge in [-0.1, -0.05) is 41.6 Å². The molecule has 112 valence electrons. The number of amides is 2. The number of imide groups is 1. The molecule has 0 aliphatic carbocycles. The minimum Gasteiger partial charge on any atom is -0.447 e. The van der Waals surface area contributed by atoms with Gasteiger partial charge in [-0.2, -0.15) is 0 Å². The Morgan fingerprint density at radius 1 is 1.43 bits per heavy atom. The fraction of sp³-hybridized carbons (Fsp3) is 0.400. The van der Waals surface area contributed by atoms with E-state index in [1.54, 1.807) is 0 Å². The summed E-state index contributed by atoms with van der Waals surface area (Å²) in [6.07, 6.45) is -0.606. The quantitative estimate of drug-likeness (QED) is 0.854. The van der Waals surface area contributed by atoms with Gasteiger partial charge in [0.1, 0.15) is 6.61 Å². The fourth-order valence-electron chi connectivity index (χ4n) is 2.18. The summed E-state index contributed by atoms with van der Waals surface area (Å²) in [6.45, 7) is 3.90. The zero-order valence-corrected chi connectivity index (χ0v) is 12.8. The molecule has 1 fully saturated rings. The van der Waals surface area contributed by atoms with Gasteiger partial charge in [-0.05, 0) is 12.5 Å². The normalized spacial score (nSPS) is 15.7. The monoisotopic (exact) mass is 307 g/mol. The van der Waals surface area contributed by atoms with E-state index in [0.29, 0.717) is 5.75 Å². The first-order valence-electron chi connectivity index (χ1n) is 6.67. The number of carbonyl (C=O) groups excluding carboxylic acids is 3. The number of aryl methyl sites for hydroxylation is 1. The van der Waals surface area contributed by atoms with Crippen LogP contribution in [0.2, 0.25) is 0 Å². The van der Waals surface area contributed by atoms with E-state index in [-0.39, 0.29) is 24.2 Å². The average molecular weight is 307 g/mol. The van der Waals surface area contributed by atoms with Crippen LogP contribution in [0.25, 0.3) is 0 Å². The van der Waals surface area contributed by atoms with Gasteiger partial charge in [0.05, 0.1) is 12.5 Å². The molecule has 1 aromatic rings. The molecule has 0 N–H and O–H groups in total. The van der Waals surface area contributed by atoms with Gasteiger partial charge < -0.3 is 4.74 Å². The summed E-state index contributed by atoms with van der Waals surface area (Å²) in [6, 6.07) is 7.56. The number of cyclic esters (lactones) is 1. The van der Waals surface area contributed by atoms with Crippen molar-refractivity contribution in [3.63, 3.8) is 0 Å². The molecule has 1 atom stereocenters. The van der Waals surface area contributed by atoms with Crippen LogP contribution in [0.5, 0.6) is 0 Å². The van der Waals surface area contributed by atoms with Crippen LogP contribution in [0, 0.1) is 6.92 Å². The van der Waals surface area contributed by atoms with E-state index in [4.69, 9.17) is 4.74 Å². The van der Waals surface area contributed by atoms with Crippen molar-refractivity contribution < 1.29 is 19.1 Å². The molecule has 1 aliphatic rings. The van der Waals surface area contributed by atoms with Gasteiger partial charge in [-0.15, -0.1) is 0 Å². The molecule has 0 bridgehead atoms.